The molecule has 2 N–H and O–H groups in total. The van der Waals surface area contributed by atoms with Crippen LogP contribution in [0, 0.1) is 0 Å². The number of nitrogens with one attached hydrogen (secondary N) is 1. The number of aliphatic carboxylic acids is 1. The van der Waals surface area contributed by atoms with E-state index in [0.717, 1.165) is 13.0 Å². The molecule has 0 spiro atoms. The van der Waals surface area contributed by atoms with Crippen LogP contribution in [-0.2, 0) is 4.79 Å². The number of unbranched alkanes of at least 4 members (excludes halogenated alkanes) is 13. The van der Waals surface area contributed by atoms with Gasteiger partial charge in [0.1, 0.15) is 0 Å². The summed E-state index contributed by atoms with van der Waals surface area (Å²) in [6, 6.07) is 0. The van der Waals surface area contributed by atoms with Crippen LogP contribution in [0.1, 0.15) is 96.8 Å². The second-order valence-electron chi connectivity index (χ2n) is 6.17. The molecule has 0 saturated heterocycles. The second kappa shape index (κ2) is 21.4. The number of carboxylic acids is 1. The van der Waals surface area contributed by atoms with Gasteiger partial charge in [0, 0.05) is 0 Å². The molecular weight excluding hydrogens is 285 g/mol. The van der Waals surface area contributed by atoms with Crippen molar-refractivity contribution < 1.29 is 9.90 Å². The number of hydrogen-bond donors (Lipinski definition) is 2. The van der Waals surface area contributed by atoms with E-state index >= 15 is 0 Å². The fourth-order valence-electron chi connectivity index (χ4n) is 2.64. The molecule has 128 valence electrons. The summed E-state index contributed by atoms with van der Waals surface area (Å²) in [4.78, 5) is 10.3. The van der Waals surface area contributed by atoms with Gasteiger partial charge in [0.15, 0.2) is 0 Å². The molecule has 0 saturated carbocycles. The molecule has 0 aromatic rings. The average molecular weight is 323 g/mol. The van der Waals surface area contributed by atoms with Crippen molar-refractivity contribution in [2.75, 3.05) is 13.1 Å². The van der Waals surface area contributed by atoms with Crippen LogP contribution in [0.5, 0.6) is 0 Å². The van der Waals surface area contributed by atoms with Crippen molar-refractivity contribution in [2.45, 2.75) is 96.8 Å². The Labute approximate surface area is 160 Å². The van der Waals surface area contributed by atoms with E-state index in [1.807, 2.05) is 0 Å². The first kappa shape index (κ1) is 24.7. The van der Waals surface area contributed by atoms with Gasteiger partial charge < -0.3 is 10.4 Å². The molecule has 0 amide bonds. The van der Waals surface area contributed by atoms with Gasteiger partial charge in [-0.05, 0) is 13.0 Å². The van der Waals surface area contributed by atoms with Gasteiger partial charge in [-0.3, -0.25) is 4.79 Å². The summed E-state index contributed by atoms with van der Waals surface area (Å²) >= 11 is 0. The molecule has 22 heavy (non-hydrogen) atoms. The molecule has 0 aromatic heterocycles. The topological polar surface area (TPSA) is 49.3 Å². The van der Waals surface area contributed by atoms with Crippen LogP contribution in [0.25, 0.3) is 0 Å². The van der Waals surface area contributed by atoms with E-state index < -0.39 is 5.97 Å². The predicted molar refractivity (Wildman–Crippen MR) is 98.0 cm³/mol. The molecule has 0 heterocycles. The zero-order chi connectivity index (χ0) is 15.6. The van der Waals surface area contributed by atoms with E-state index in [9.17, 15) is 4.79 Å². The summed E-state index contributed by atoms with van der Waals surface area (Å²) in [5, 5.41) is 11.4. The molecule has 0 aliphatic heterocycles. The monoisotopic (exact) mass is 323 g/mol. The first-order valence-electron chi connectivity index (χ1n) is 9.20. The molecule has 0 atom stereocenters. The molecule has 0 fully saturated rings. The molecule has 0 aliphatic carbocycles. The minimum absolute atomic E-state index is 0. The summed E-state index contributed by atoms with van der Waals surface area (Å²) in [6.45, 7) is 3.20. The van der Waals surface area contributed by atoms with Gasteiger partial charge in [0.05, 0.1) is 6.54 Å². The molecule has 0 rings (SSSR count). The molecule has 0 unspecified atom stereocenters. The Morgan fingerprint density at radius 1 is 0.727 bits per heavy atom. The van der Waals surface area contributed by atoms with Crippen molar-refractivity contribution in [3.63, 3.8) is 0 Å². The summed E-state index contributed by atoms with van der Waals surface area (Å²) < 4.78 is 0. The Hall–Kier alpha value is 0.430. The SMILES string of the molecule is CCCCCCCCCCCCCCCCNCC(=O)O.[NaH]. The number of carboxylic acid groups (broad SMARTS) is 1. The van der Waals surface area contributed by atoms with Gasteiger partial charge in [-0.1, -0.05) is 90.4 Å². The Bertz CT molecular complexity index is 225. The third-order valence-electron chi connectivity index (χ3n) is 3.98. The Morgan fingerprint density at radius 3 is 1.45 bits per heavy atom. The summed E-state index contributed by atoms with van der Waals surface area (Å²) in [6.07, 6.45) is 19.0. The number of carbonyl (C=O) groups is 1. The van der Waals surface area contributed by atoms with E-state index in [4.69, 9.17) is 5.11 Å². The summed E-state index contributed by atoms with van der Waals surface area (Å²) in [7, 11) is 0. The van der Waals surface area contributed by atoms with Gasteiger partial charge in [-0.15, -0.1) is 0 Å². The van der Waals surface area contributed by atoms with Crippen LogP contribution in [0.4, 0.5) is 0 Å². The van der Waals surface area contributed by atoms with Crippen molar-refractivity contribution in [1.29, 1.82) is 0 Å². The zero-order valence-electron chi connectivity index (χ0n) is 14.2. The van der Waals surface area contributed by atoms with Crippen LogP contribution in [0.2, 0.25) is 0 Å². The Morgan fingerprint density at radius 2 is 1.09 bits per heavy atom. The van der Waals surface area contributed by atoms with Gasteiger partial charge >= 0.3 is 35.5 Å². The number of rotatable bonds is 17. The van der Waals surface area contributed by atoms with Crippen LogP contribution in [0.15, 0.2) is 0 Å². The van der Waals surface area contributed by atoms with Crippen LogP contribution < -0.4 is 5.32 Å². The standard InChI is InChI=1S/C18H37NO2.Na.H/c1-2-3-4-5-6-7-8-9-10-11-12-13-14-15-16-19-17-18(20)21;;/h19H,2-17H2,1H3,(H,20,21);;. The molecule has 0 aliphatic rings. The van der Waals surface area contributed by atoms with Crippen molar-refractivity contribution in [3.05, 3.63) is 0 Å². The molecule has 0 bridgehead atoms. The summed E-state index contributed by atoms with van der Waals surface area (Å²) in [5.41, 5.74) is 0. The van der Waals surface area contributed by atoms with Gasteiger partial charge in [-0.2, -0.15) is 0 Å². The van der Waals surface area contributed by atoms with Crippen LogP contribution in [-0.4, -0.2) is 53.7 Å². The quantitative estimate of drug-likeness (QED) is 0.306. The molecule has 0 radical (unpaired) electrons. The fourth-order valence-corrected chi connectivity index (χ4v) is 2.64. The van der Waals surface area contributed by atoms with E-state index in [-0.39, 0.29) is 36.1 Å². The first-order valence-corrected chi connectivity index (χ1v) is 9.20. The fraction of sp³-hybridized carbons (Fsp3) is 0.944. The van der Waals surface area contributed by atoms with E-state index in [0.29, 0.717) is 0 Å². The maximum absolute atomic E-state index is 10.3. The van der Waals surface area contributed by atoms with E-state index in [1.54, 1.807) is 0 Å². The predicted octanol–water partition coefficient (Wildman–Crippen LogP) is 4.49. The Balaban J connectivity index is 0. The van der Waals surface area contributed by atoms with Crippen molar-refractivity contribution in [1.82, 2.24) is 5.32 Å². The van der Waals surface area contributed by atoms with E-state index in [2.05, 4.69) is 12.2 Å². The number of hydrogen-bond acceptors (Lipinski definition) is 2. The molecule has 4 heteroatoms. The molecular formula is C18H38NNaO2. The average Bonchev–Trinajstić information content (AvgIpc) is 2.46. The Kier molecular flexibility index (Phi) is 24.0. The maximum atomic E-state index is 10.3. The van der Waals surface area contributed by atoms with E-state index in [1.165, 1.54) is 83.5 Å². The third-order valence-corrected chi connectivity index (χ3v) is 3.98. The zero-order valence-corrected chi connectivity index (χ0v) is 14.2. The van der Waals surface area contributed by atoms with Crippen molar-refractivity contribution >= 4 is 35.5 Å². The minimum atomic E-state index is -0.764. The third kappa shape index (κ3) is 22.7. The van der Waals surface area contributed by atoms with Crippen molar-refractivity contribution in [3.8, 4) is 0 Å². The van der Waals surface area contributed by atoms with Crippen LogP contribution >= 0.6 is 0 Å². The first-order chi connectivity index (χ1) is 10.3. The molecule has 3 nitrogen and oxygen atoms in total. The molecule has 0 aromatic carbocycles. The summed E-state index contributed by atoms with van der Waals surface area (Å²) in [5.74, 6) is -0.764. The van der Waals surface area contributed by atoms with Crippen LogP contribution in [0.3, 0.4) is 0 Å². The normalized spacial score (nSPS) is 10.4. The van der Waals surface area contributed by atoms with Crippen molar-refractivity contribution in [2.24, 2.45) is 0 Å². The van der Waals surface area contributed by atoms with Gasteiger partial charge in [0.2, 0.25) is 0 Å². The second-order valence-corrected chi connectivity index (χ2v) is 6.17. The van der Waals surface area contributed by atoms with Gasteiger partial charge in [-0.25, -0.2) is 0 Å². The van der Waals surface area contributed by atoms with Gasteiger partial charge in [0.25, 0.3) is 0 Å².